The average Bonchev–Trinajstić information content (AvgIpc) is 2.19. The van der Waals surface area contributed by atoms with Gasteiger partial charge in [0.05, 0.1) is 0 Å². The lowest BCUT2D eigenvalue weighted by atomic mass is 9.82. The molecule has 0 saturated carbocycles. The molecule has 1 nitrogen and oxygen atoms in total. The van der Waals surface area contributed by atoms with Crippen LogP contribution in [0, 0.1) is 6.92 Å². The second-order valence-electron chi connectivity index (χ2n) is 4.29. The van der Waals surface area contributed by atoms with Gasteiger partial charge in [0.2, 0.25) is 0 Å². The fourth-order valence-electron chi connectivity index (χ4n) is 2.63. The van der Waals surface area contributed by atoms with Gasteiger partial charge in [0, 0.05) is 6.04 Å². The predicted octanol–water partition coefficient (Wildman–Crippen LogP) is 2.89. The second kappa shape index (κ2) is 3.74. The minimum absolute atomic E-state index is 0.286. The first-order valence-electron chi connectivity index (χ1n) is 5.61. The van der Waals surface area contributed by atoms with Crippen molar-refractivity contribution in [2.24, 2.45) is 5.73 Å². The molecule has 0 unspecified atom stereocenters. The van der Waals surface area contributed by atoms with Crippen molar-refractivity contribution in [2.75, 3.05) is 0 Å². The Balaban J connectivity index is 2.57. The van der Waals surface area contributed by atoms with E-state index in [0.717, 1.165) is 12.8 Å². The Labute approximate surface area is 86.3 Å². The monoisotopic (exact) mass is 189 g/mol. The normalized spacial score (nSPS) is 20.6. The average molecular weight is 189 g/mol. The lowest BCUT2D eigenvalue weighted by Gasteiger charge is -2.26. The van der Waals surface area contributed by atoms with Gasteiger partial charge in [-0.15, -0.1) is 0 Å². The van der Waals surface area contributed by atoms with Crippen LogP contribution in [0.2, 0.25) is 0 Å². The topological polar surface area (TPSA) is 26.0 Å². The lowest BCUT2D eigenvalue weighted by Crippen LogP contribution is -2.20. The van der Waals surface area contributed by atoms with Crippen LogP contribution < -0.4 is 5.73 Å². The number of aryl methyl sites for hydroxylation is 2. The minimum atomic E-state index is 0.286. The van der Waals surface area contributed by atoms with Crippen molar-refractivity contribution < 1.29 is 0 Å². The molecule has 0 aliphatic heterocycles. The van der Waals surface area contributed by atoms with Crippen LogP contribution in [0.5, 0.6) is 0 Å². The third-order valence-electron chi connectivity index (χ3n) is 3.37. The van der Waals surface area contributed by atoms with E-state index in [1.54, 1.807) is 0 Å². The van der Waals surface area contributed by atoms with Crippen LogP contribution in [-0.4, -0.2) is 0 Å². The summed E-state index contributed by atoms with van der Waals surface area (Å²) in [5, 5.41) is 0. The van der Waals surface area contributed by atoms with Crippen molar-refractivity contribution in [2.45, 2.75) is 45.6 Å². The molecule has 76 valence electrons. The van der Waals surface area contributed by atoms with Crippen LogP contribution in [0.15, 0.2) is 12.1 Å². The number of benzene rings is 1. The van der Waals surface area contributed by atoms with E-state index in [9.17, 15) is 0 Å². The smallest absolute Gasteiger partial charge is 0.0300 e. The van der Waals surface area contributed by atoms with Gasteiger partial charge in [-0.3, -0.25) is 0 Å². The van der Waals surface area contributed by atoms with Crippen LogP contribution >= 0.6 is 0 Å². The molecule has 0 bridgehead atoms. The molecule has 1 aliphatic rings. The van der Waals surface area contributed by atoms with Gasteiger partial charge in [-0.1, -0.05) is 19.1 Å². The maximum Gasteiger partial charge on any atom is 0.0300 e. The summed E-state index contributed by atoms with van der Waals surface area (Å²) >= 11 is 0. The minimum Gasteiger partial charge on any atom is -0.324 e. The zero-order chi connectivity index (χ0) is 10.1. The molecule has 1 aromatic carbocycles. The van der Waals surface area contributed by atoms with E-state index in [-0.39, 0.29) is 6.04 Å². The van der Waals surface area contributed by atoms with Gasteiger partial charge in [-0.25, -0.2) is 0 Å². The molecular weight excluding hydrogens is 170 g/mol. The molecule has 0 radical (unpaired) electrons. The number of nitrogens with two attached hydrogens (primary N) is 1. The van der Waals surface area contributed by atoms with E-state index in [0.29, 0.717) is 0 Å². The van der Waals surface area contributed by atoms with Crippen LogP contribution in [0.4, 0.5) is 0 Å². The van der Waals surface area contributed by atoms with Crippen molar-refractivity contribution in [3.8, 4) is 0 Å². The second-order valence-corrected chi connectivity index (χ2v) is 4.29. The van der Waals surface area contributed by atoms with Gasteiger partial charge in [-0.2, -0.15) is 0 Å². The summed E-state index contributed by atoms with van der Waals surface area (Å²) in [6, 6.07) is 4.80. The number of fused-ring (bicyclic) bond motifs is 1. The SMILES string of the molecule is CCc1c(C)ccc2c1[C@@H](N)CCC2. The first-order chi connectivity index (χ1) is 6.74. The zero-order valence-electron chi connectivity index (χ0n) is 9.14. The van der Waals surface area contributed by atoms with E-state index >= 15 is 0 Å². The molecule has 1 aromatic rings. The van der Waals surface area contributed by atoms with Gasteiger partial charge < -0.3 is 5.73 Å². The summed E-state index contributed by atoms with van der Waals surface area (Å²) in [7, 11) is 0. The maximum atomic E-state index is 6.19. The quantitative estimate of drug-likeness (QED) is 0.722. The molecule has 2 N–H and O–H groups in total. The van der Waals surface area contributed by atoms with Crippen LogP contribution in [-0.2, 0) is 12.8 Å². The molecule has 0 heterocycles. The van der Waals surface area contributed by atoms with Gasteiger partial charge in [0.15, 0.2) is 0 Å². The summed E-state index contributed by atoms with van der Waals surface area (Å²) in [4.78, 5) is 0. The van der Waals surface area contributed by atoms with Gasteiger partial charge >= 0.3 is 0 Å². The fraction of sp³-hybridized carbons (Fsp3) is 0.538. The molecule has 0 fully saturated rings. The van der Waals surface area contributed by atoms with E-state index in [2.05, 4.69) is 26.0 Å². The number of hydrogen-bond donors (Lipinski definition) is 1. The molecule has 14 heavy (non-hydrogen) atoms. The molecule has 0 aromatic heterocycles. The third-order valence-corrected chi connectivity index (χ3v) is 3.37. The fourth-order valence-corrected chi connectivity index (χ4v) is 2.63. The van der Waals surface area contributed by atoms with Crippen LogP contribution in [0.3, 0.4) is 0 Å². The summed E-state index contributed by atoms with van der Waals surface area (Å²) < 4.78 is 0. The summed E-state index contributed by atoms with van der Waals surface area (Å²) in [5.74, 6) is 0. The van der Waals surface area contributed by atoms with Crippen LogP contribution in [0.25, 0.3) is 0 Å². The zero-order valence-corrected chi connectivity index (χ0v) is 9.14. The molecule has 2 rings (SSSR count). The Morgan fingerprint density at radius 2 is 2.21 bits per heavy atom. The third kappa shape index (κ3) is 1.46. The van der Waals surface area contributed by atoms with E-state index in [1.807, 2.05) is 0 Å². The van der Waals surface area contributed by atoms with Crippen molar-refractivity contribution in [3.05, 3.63) is 34.4 Å². The Morgan fingerprint density at radius 1 is 1.43 bits per heavy atom. The molecular formula is C13H19N. The molecule has 1 aliphatic carbocycles. The Kier molecular flexibility index (Phi) is 2.60. The summed E-state index contributed by atoms with van der Waals surface area (Å²) in [6.07, 6.45) is 4.74. The predicted molar refractivity (Wildman–Crippen MR) is 60.4 cm³/mol. The molecule has 0 amide bonds. The Morgan fingerprint density at radius 3 is 2.93 bits per heavy atom. The van der Waals surface area contributed by atoms with E-state index < -0.39 is 0 Å². The van der Waals surface area contributed by atoms with E-state index in [1.165, 1.54) is 35.1 Å². The van der Waals surface area contributed by atoms with Crippen molar-refractivity contribution in [1.29, 1.82) is 0 Å². The highest BCUT2D eigenvalue weighted by Gasteiger charge is 2.20. The number of rotatable bonds is 1. The highest BCUT2D eigenvalue weighted by atomic mass is 14.6. The molecule has 0 saturated heterocycles. The highest BCUT2D eigenvalue weighted by molar-refractivity contribution is 5.43. The van der Waals surface area contributed by atoms with Gasteiger partial charge in [0.25, 0.3) is 0 Å². The van der Waals surface area contributed by atoms with Gasteiger partial charge in [-0.05, 0) is 54.9 Å². The summed E-state index contributed by atoms with van der Waals surface area (Å²) in [6.45, 7) is 4.42. The first-order valence-corrected chi connectivity index (χ1v) is 5.61. The Hall–Kier alpha value is -0.820. The Bertz CT molecular complexity index is 341. The van der Waals surface area contributed by atoms with Crippen molar-refractivity contribution in [1.82, 2.24) is 0 Å². The van der Waals surface area contributed by atoms with Gasteiger partial charge in [0.1, 0.15) is 0 Å². The molecule has 0 spiro atoms. The largest absolute Gasteiger partial charge is 0.324 e. The maximum absolute atomic E-state index is 6.19. The first kappa shape index (κ1) is 9.72. The molecule has 1 atom stereocenters. The summed E-state index contributed by atoms with van der Waals surface area (Å²) in [5.41, 5.74) is 12.0. The van der Waals surface area contributed by atoms with Crippen molar-refractivity contribution in [3.63, 3.8) is 0 Å². The standard InChI is InChI=1S/C13H19N/c1-3-11-9(2)7-8-10-5-4-6-12(14)13(10)11/h7-8,12H,3-6,14H2,1-2H3/t12-/m0/s1. The van der Waals surface area contributed by atoms with E-state index in [4.69, 9.17) is 5.73 Å². The highest BCUT2D eigenvalue weighted by Crippen LogP contribution is 2.32. The van der Waals surface area contributed by atoms with Crippen LogP contribution in [0.1, 0.15) is 48.1 Å². The van der Waals surface area contributed by atoms with Crippen molar-refractivity contribution >= 4 is 0 Å². The molecule has 1 heteroatoms. The number of hydrogen-bond acceptors (Lipinski definition) is 1. The lowest BCUT2D eigenvalue weighted by molar-refractivity contribution is 0.564.